The molecular weight excluding hydrogens is 312 g/mol. The Morgan fingerprint density at radius 1 is 1.43 bits per heavy atom. The molecule has 1 aromatic heterocycles. The summed E-state index contributed by atoms with van der Waals surface area (Å²) in [6, 6.07) is 6.96. The maximum absolute atomic E-state index is 12.3. The number of sulfonamides is 1. The van der Waals surface area contributed by atoms with Crippen LogP contribution in [-0.2, 0) is 10.0 Å². The Morgan fingerprint density at radius 2 is 2.14 bits per heavy atom. The van der Waals surface area contributed by atoms with Gasteiger partial charge in [0.15, 0.2) is 9.90 Å². The maximum Gasteiger partial charge on any atom is 0.356 e. The van der Waals surface area contributed by atoms with Crippen LogP contribution in [-0.4, -0.2) is 24.5 Å². The molecule has 2 aromatic rings. The quantitative estimate of drug-likeness (QED) is 0.878. The van der Waals surface area contributed by atoms with Gasteiger partial charge in [-0.25, -0.2) is 22.9 Å². The van der Waals surface area contributed by atoms with Gasteiger partial charge in [-0.1, -0.05) is 29.8 Å². The first-order valence-electron chi connectivity index (χ1n) is 6.07. The van der Waals surface area contributed by atoms with E-state index in [2.05, 4.69) is 9.71 Å². The molecule has 8 heteroatoms. The first-order chi connectivity index (χ1) is 9.81. The average Bonchev–Trinajstić information content (AvgIpc) is 2.88. The molecule has 0 spiro atoms. The van der Waals surface area contributed by atoms with Gasteiger partial charge in [0.25, 0.3) is 10.0 Å². The van der Waals surface area contributed by atoms with E-state index in [4.69, 9.17) is 5.11 Å². The van der Waals surface area contributed by atoms with E-state index in [9.17, 15) is 13.2 Å². The molecule has 1 atom stereocenters. The summed E-state index contributed by atoms with van der Waals surface area (Å²) < 4.78 is 26.8. The molecular formula is C13H14N2O4S2. The molecule has 2 rings (SSSR count). The number of rotatable bonds is 5. The molecule has 0 amide bonds. The molecule has 0 aliphatic heterocycles. The second-order valence-electron chi connectivity index (χ2n) is 4.55. The van der Waals surface area contributed by atoms with E-state index in [1.165, 1.54) is 5.51 Å². The number of carboxylic acid groups (broad SMARTS) is 1. The van der Waals surface area contributed by atoms with Gasteiger partial charge in [0.2, 0.25) is 0 Å². The molecule has 0 saturated carbocycles. The third-order valence-corrected chi connectivity index (χ3v) is 5.77. The van der Waals surface area contributed by atoms with E-state index >= 15 is 0 Å². The van der Waals surface area contributed by atoms with Gasteiger partial charge in [-0.05, 0) is 19.4 Å². The lowest BCUT2D eigenvalue weighted by molar-refractivity contribution is 0.0687. The van der Waals surface area contributed by atoms with Gasteiger partial charge < -0.3 is 5.11 Å². The Bertz CT molecular complexity index is 768. The van der Waals surface area contributed by atoms with Gasteiger partial charge in [-0.15, -0.1) is 11.3 Å². The van der Waals surface area contributed by atoms with Crippen LogP contribution in [0.5, 0.6) is 0 Å². The van der Waals surface area contributed by atoms with E-state index in [0.29, 0.717) is 0 Å². The topological polar surface area (TPSA) is 96.4 Å². The van der Waals surface area contributed by atoms with Crippen LogP contribution >= 0.6 is 11.3 Å². The van der Waals surface area contributed by atoms with Crippen molar-refractivity contribution in [3.63, 3.8) is 0 Å². The lowest BCUT2D eigenvalue weighted by Gasteiger charge is -2.14. The normalized spacial score (nSPS) is 13.0. The predicted octanol–water partition coefficient (Wildman–Crippen LogP) is 2.19. The minimum Gasteiger partial charge on any atom is -0.476 e. The van der Waals surface area contributed by atoms with Crippen molar-refractivity contribution in [2.45, 2.75) is 24.1 Å². The zero-order valence-electron chi connectivity index (χ0n) is 11.4. The molecule has 0 aliphatic rings. The summed E-state index contributed by atoms with van der Waals surface area (Å²) in [6.07, 6.45) is 0. The monoisotopic (exact) mass is 326 g/mol. The van der Waals surface area contributed by atoms with E-state index in [1.807, 2.05) is 31.2 Å². The standard InChI is InChI=1S/C13H14N2O4S2/c1-8-4-3-5-10(6-8)9(2)15-21(18,19)13-11(12(16)17)14-7-20-13/h3-7,9,15H,1-2H3,(H,16,17)/t9-/m0/s1. The Balaban J connectivity index is 2.29. The smallest absolute Gasteiger partial charge is 0.356 e. The van der Waals surface area contributed by atoms with Crippen molar-refractivity contribution in [3.05, 3.63) is 46.6 Å². The fourth-order valence-corrected chi connectivity index (χ4v) is 4.25. The van der Waals surface area contributed by atoms with Gasteiger partial charge in [-0.2, -0.15) is 0 Å². The van der Waals surface area contributed by atoms with Crippen LogP contribution in [0.15, 0.2) is 34.0 Å². The van der Waals surface area contributed by atoms with Crippen molar-refractivity contribution < 1.29 is 18.3 Å². The van der Waals surface area contributed by atoms with E-state index in [1.54, 1.807) is 6.92 Å². The lowest BCUT2D eigenvalue weighted by Crippen LogP contribution is -2.27. The third-order valence-electron chi connectivity index (χ3n) is 2.86. The summed E-state index contributed by atoms with van der Waals surface area (Å²) in [5.74, 6) is -1.36. The highest BCUT2D eigenvalue weighted by Crippen LogP contribution is 2.23. The molecule has 0 unspecified atom stereocenters. The van der Waals surface area contributed by atoms with E-state index < -0.39 is 27.7 Å². The van der Waals surface area contributed by atoms with Crippen LogP contribution in [0, 0.1) is 6.92 Å². The predicted molar refractivity (Wildman–Crippen MR) is 79.0 cm³/mol. The van der Waals surface area contributed by atoms with Crippen LogP contribution in [0.4, 0.5) is 0 Å². The molecule has 2 N–H and O–H groups in total. The van der Waals surface area contributed by atoms with Crippen molar-refractivity contribution in [2.75, 3.05) is 0 Å². The fraction of sp³-hybridized carbons (Fsp3) is 0.231. The first kappa shape index (κ1) is 15.6. The number of benzene rings is 1. The van der Waals surface area contributed by atoms with Gasteiger partial charge in [0.05, 0.1) is 5.51 Å². The van der Waals surface area contributed by atoms with Crippen molar-refractivity contribution >= 4 is 27.3 Å². The van der Waals surface area contributed by atoms with Gasteiger partial charge in [-0.3, -0.25) is 0 Å². The number of hydrogen-bond donors (Lipinski definition) is 2. The molecule has 0 fully saturated rings. The van der Waals surface area contributed by atoms with Crippen LogP contribution < -0.4 is 4.72 Å². The highest BCUT2D eigenvalue weighted by atomic mass is 32.2. The highest BCUT2D eigenvalue weighted by Gasteiger charge is 2.27. The Labute approximate surface area is 126 Å². The minimum absolute atomic E-state index is 0.283. The minimum atomic E-state index is -3.93. The van der Waals surface area contributed by atoms with Crippen molar-refractivity contribution in [2.24, 2.45) is 0 Å². The summed E-state index contributed by atoms with van der Waals surface area (Å²) in [6.45, 7) is 3.62. The number of hydrogen-bond acceptors (Lipinski definition) is 5. The zero-order valence-corrected chi connectivity index (χ0v) is 13.0. The Hall–Kier alpha value is -1.77. The van der Waals surface area contributed by atoms with Crippen LogP contribution in [0.2, 0.25) is 0 Å². The number of aromatic nitrogens is 1. The summed E-state index contributed by atoms with van der Waals surface area (Å²) in [5, 5.41) is 8.96. The van der Waals surface area contributed by atoms with Crippen molar-refractivity contribution in [1.29, 1.82) is 0 Å². The van der Waals surface area contributed by atoms with Gasteiger partial charge >= 0.3 is 5.97 Å². The number of aromatic carboxylic acids is 1. The number of nitrogens with one attached hydrogen (secondary N) is 1. The zero-order chi connectivity index (χ0) is 15.6. The number of aryl methyl sites for hydroxylation is 1. The van der Waals surface area contributed by atoms with Crippen molar-refractivity contribution in [1.82, 2.24) is 9.71 Å². The second kappa shape index (κ2) is 5.92. The molecule has 6 nitrogen and oxygen atoms in total. The fourth-order valence-electron chi connectivity index (χ4n) is 1.86. The first-order valence-corrected chi connectivity index (χ1v) is 8.43. The Kier molecular flexibility index (Phi) is 4.40. The summed E-state index contributed by atoms with van der Waals surface area (Å²) >= 11 is 0.783. The lowest BCUT2D eigenvalue weighted by atomic mass is 10.1. The van der Waals surface area contributed by atoms with Gasteiger partial charge in [0, 0.05) is 6.04 Å². The molecule has 0 aliphatic carbocycles. The average molecular weight is 326 g/mol. The second-order valence-corrected chi connectivity index (χ2v) is 7.31. The number of nitrogens with zero attached hydrogens (tertiary/aromatic N) is 1. The number of carboxylic acids is 1. The molecule has 112 valence electrons. The molecule has 0 bridgehead atoms. The van der Waals surface area contributed by atoms with Crippen LogP contribution in [0.1, 0.15) is 34.6 Å². The molecule has 21 heavy (non-hydrogen) atoms. The molecule has 1 aromatic carbocycles. The Morgan fingerprint density at radius 3 is 2.76 bits per heavy atom. The summed E-state index contributed by atoms with van der Waals surface area (Å²) in [7, 11) is -3.93. The van der Waals surface area contributed by atoms with Crippen LogP contribution in [0.25, 0.3) is 0 Å². The van der Waals surface area contributed by atoms with Gasteiger partial charge in [0.1, 0.15) is 0 Å². The number of carbonyl (C=O) groups is 1. The van der Waals surface area contributed by atoms with E-state index in [0.717, 1.165) is 22.5 Å². The largest absolute Gasteiger partial charge is 0.476 e. The summed E-state index contributed by atoms with van der Waals surface area (Å²) in [4.78, 5) is 14.6. The molecule has 0 radical (unpaired) electrons. The summed E-state index contributed by atoms with van der Waals surface area (Å²) in [5.41, 5.74) is 2.57. The van der Waals surface area contributed by atoms with Crippen LogP contribution in [0.3, 0.4) is 0 Å². The number of thiazole rings is 1. The molecule has 1 heterocycles. The van der Waals surface area contributed by atoms with E-state index in [-0.39, 0.29) is 4.21 Å². The molecule has 0 saturated heterocycles. The highest BCUT2D eigenvalue weighted by molar-refractivity contribution is 7.91. The SMILES string of the molecule is Cc1cccc([C@H](C)NS(=O)(=O)c2scnc2C(=O)O)c1. The third kappa shape index (κ3) is 3.46. The van der Waals surface area contributed by atoms with Crippen molar-refractivity contribution in [3.8, 4) is 0 Å². The maximum atomic E-state index is 12.3.